The molecule has 0 bridgehead atoms. The molecular formula is C21H33NO4. The molecule has 1 atom stereocenters. The first-order valence-electron chi connectivity index (χ1n) is 9.33. The largest absolute Gasteiger partial charge is 0.469 e. The van der Waals surface area contributed by atoms with Gasteiger partial charge in [-0.3, -0.25) is 10.1 Å². The van der Waals surface area contributed by atoms with E-state index in [1.807, 2.05) is 19.1 Å². The molecule has 26 heavy (non-hydrogen) atoms. The molecule has 0 aromatic heterocycles. The van der Waals surface area contributed by atoms with Crippen molar-refractivity contribution in [3.8, 4) is 0 Å². The highest BCUT2D eigenvalue weighted by atomic mass is 16.5. The molecule has 0 saturated heterocycles. The van der Waals surface area contributed by atoms with Gasteiger partial charge in [-0.05, 0) is 49.8 Å². The summed E-state index contributed by atoms with van der Waals surface area (Å²) < 4.78 is 9.66. The molecule has 0 aliphatic rings. The number of rotatable bonds is 11. The number of methoxy groups -OCH3 is 2. The van der Waals surface area contributed by atoms with E-state index in [1.165, 1.54) is 19.8 Å². The minimum atomic E-state index is -0.881. The van der Waals surface area contributed by atoms with E-state index in [9.17, 15) is 9.59 Å². The van der Waals surface area contributed by atoms with Crippen molar-refractivity contribution in [2.75, 3.05) is 20.8 Å². The lowest BCUT2D eigenvalue weighted by Gasteiger charge is -2.29. The highest BCUT2D eigenvalue weighted by molar-refractivity contribution is 5.82. The first-order valence-corrected chi connectivity index (χ1v) is 9.33. The van der Waals surface area contributed by atoms with E-state index in [0.29, 0.717) is 18.9 Å². The van der Waals surface area contributed by atoms with Crippen LogP contribution in [0.4, 0.5) is 0 Å². The highest BCUT2D eigenvalue weighted by Gasteiger charge is 2.35. The van der Waals surface area contributed by atoms with Crippen molar-refractivity contribution in [3.05, 3.63) is 35.4 Å². The number of ether oxygens (including phenoxy) is 2. The third-order valence-corrected chi connectivity index (χ3v) is 4.53. The van der Waals surface area contributed by atoms with Gasteiger partial charge in [-0.25, -0.2) is 4.79 Å². The maximum Gasteiger partial charge on any atom is 0.330 e. The Morgan fingerprint density at radius 2 is 1.69 bits per heavy atom. The second kappa shape index (κ2) is 11.0. The van der Waals surface area contributed by atoms with Crippen LogP contribution < -0.4 is 5.32 Å². The van der Waals surface area contributed by atoms with Gasteiger partial charge < -0.3 is 9.47 Å². The third kappa shape index (κ3) is 6.79. The van der Waals surface area contributed by atoms with Crippen LogP contribution >= 0.6 is 0 Å². The Morgan fingerprint density at radius 3 is 2.23 bits per heavy atom. The van der Waals surface area contributed by atoms with Crippen LogP contribution in [0.25, 0.3) is 0 Å². The Balaban J connectivity index is 2.66. The van der Waals surface area contributed by atoms with Crippen molar-refractivity contribution in [3.63, 3.8) is 0 Å². The molecule has 1 rings (SSSR count). The summed E-state index contributed by atoms with van der Waals surface area (Å²) in [6, 6.07) is 8.15. The molecule has 0 radical (unpaired) electrons. The van der Waals surface area contributed by atoms with E-state index >= 15 is 0 Å². The van der Waals surface area contributed by atoms with Crippen LogP contribution in [0.15, 0.2) is 24.3 Å². The van der Waals surface area contributed by atoms with Gasteiger partial charge in [0.2, 0.25) is 0 Å². The fraction of sp³-hybridized carbons (Fsp3) is 0.619. The van der Waals surface area contributed by atoms with Crippen molar-refractivity contribution in [2.45, 2.75) is 58.4 Å². The fourth-order valence-corrected chi connectivity index (χ4v) is 2.95. The lowest BCUT2D eigenvalue weighted by molar-refractivity contribution is -0.148. The molecule has 1 aromatic rings. The van der Waals surface area contributed by atoms with E-state index in [-0.39, 0.29) is 11.9 Å². The quantitative estimate of drug-likeness (QED) is 0.481. The van der Waals surface area contributed by atoms with Crippen LogP contribution in [-0.2, 0) is 31.0 Å². The Labute approximate surface area is 157 Å². The number of unbranched alkanes of at least 4 members (excludes halogenated alkanes) is 2. The number of esters is 2. The Hall–Kier alpha value is -1.88. The number of carbonyl (C=O) groups is 2. The average molecular weight is 363 g/mol. The van der Waals surface area contributed by atoms with Gasteiger partial charge in [0.15, 0.2) is 0 Å². The van der Waals surface area contributed by atoms with Crippen LogP contribution in [0, 0.1) is 5.92 Å². The van der Waals surface area contributed by atoms with Gasteiger partial charge in [0, 0.05) is 6.42 Å². The standard InChI is InChI=1S/C21H33NO4/c1-16(2)15-17-10-12-18(13-11-17)21(3,20(24)26-5)22-14-8-6-7-9-19(23)25-4/h10-13,16,22H,6-9,14-15H2,1-5H3. The molecule has 0 aliphatic carbocycles. The van der Waals surface area contributed by atoms with E-state index in [2.05, 4.69) is 36.0 Å². The normalized spacial score (nSPS) is 13.3. The van der Waals surface area contributed by atoms with E-state index in [4.69, 9.17) is 4.74 Å². The lowest BCUT2D eigenvalue weighted by Crippen LogP contribution is -2.47. The van der Waals surface area contributed by atoms with Gasteiger partial charge in [-0.15, -0.1) is 0 Å². The second-order valence-corrected chi connectivity index (χ2v) is 7.23. The maximum absolute atomic E-state index is 12.4. The van der Waals surface area contributed by atoms with Crippen molar-refractivity contribution < 1.29 is 19.1 Å². The van der Waals surface area contributed by atoms with Gasteiger partial charge in [0.25, 0.3) is 0 Å². The molecule has 1 aromatic carbocycles. The SMILES string of the molecule is COC(=O)CCCCCNC(C)(C(=O)OC)c1ccc(CC(C)C)cc1. The summed E-state index contributed by atoms with van der Waals surface area (Å²) in [4.78, 5) is 23.5. The molecule has 5 nitrogen and oxygen atoms in total. The number of carbonyl (C=O) groups excluding carboxylic acids is 2. The number of hydrogen-bond donors (Lipinski definition) is 1. The van der Waals surface area contributed by atoms with Crippen molar-refractivity contribution >= 4 is 11.9 Å². The molecule has 0 aliphatic heterocycles. The van der Waals surface area contributed by atoms with Crippen LogP contribution in [0.5, 0.6) is 0 Å². The molecule has 0 heterocycles. The second-order valence-electron chi connectivity index (χ2n) is 7.23. The summed E-state index contributed by atoms with van der Waals surface area (Å²) in [6.45, 7) is 6.90. The minimum Gasteiger partial charge on any atom is -0.469 e. The number of nitrogens with one attached hydrogen (secondary N) is 1. The van der Waals surface area contributed by atoms with Gasteiger partial charge in [0.1, 0.15) is 5.54 Å². The Kier molecular flexibility index (Phi) is 9.35. The molecule has 5 heteroatoms. The fourth-order valence-electron chi connectivity index (χ4n) is 2.95. The predicted molar refractivity (Wildman–Crippen MR) is 103 cm³/mol. The first kappa shape index (κ1) is 22.2. The Morgan fingerprint density at radius 1 is 1.04 bits per heavy atom. The number of benzene rings is 1. The van der Waals surface area contributed by atoms with Gasteiger partial charge in [0.05, 0.1) is 14.2 Å². The molecule has 0 spiro atoms. The summed E-state index contributed by atoms with van der Waals surface area (Å²) in [6.07, 6.45) is 4.00. The van der Waals surface area contributed by atoms with Crippen LogP contribution in [-0.4, -0.2) is 32.7 Å². The zero-order chi connectivity index (χ0) is 19.6. The van der Waals surface area contributed by atoms with Crippen molar-refractivity contribution in [1.29, 1.82) is 0 Å². The monoisotopic (exact) mass is 363 g/mol. The smallest absolute Gasteiger partial charge is 0.330 e. The maximum atomic E-state index is 12.4. The average Bonchev–Trinajstić information content (AvgIpc) is 2.63. The summed E-state index contributed by atoms with van der Waals surface area (Å²) in [5, 5.41) is 3.33. The van der Waals surface area contributed by atoms with E-state index < -0.39 is 5.54 Å². The van der Waals surface area contributed by atoms with Crippen LogP contribution in [0.1, 0.15) is 57.6 Å². The Bertz CT molecular complexity index is 568. The molecule has 1 unspecified atom stereocenters. The van der Waals surface area contributed by atoms with E-state index in [0.717, 1.165) is 31.2 Å². The van der Waals surface area contributed by atoms with Gasteiger partial charge in [-0.1, -0.05) is 44.5 Å². The molecule has 0 amide bonds. The zero-order valence-electron chi connectivity index (χ0n) is 16.8. The molecule has 146 valence electrons. The topological polar surface area (TPSA) is 64.6 Å². The summed E-state index contributed by atoms with van der Waals surface area (Å²) in [7, 11) is 2.81. The van der Waals surface area contributed by atoms with Crippen LogP contribution in [0.3, 0.4) is 0 Å². The van der Waals surface area contributed by atoms with Crippen LogP contribution in [0.2, 0.25) is 0 Å². The van der Waals surface area contributed by atoms with E-state index in [1.54, 1.807) is 0 Å². The third-order valence-electron chi connectivity index (χ3n) is 4.53. The summed E-state index contributed by atoms with van der Waals surface area (Å²) in [5.74, 6) is 0.110. The van der Waals surface area contributed by atoms with Crippen molar-refractivity contribution in [2.24, 2.45) is 5.92 Å². The number of hydrogen-bond acceptors (Lipinski definition) is 5. The summed E-state index contributed by atoms with van der Waals surface area (Å²) in [5.41, 5.74) is 1.28. The first-order chi connectivity index (χ1) is 12.3. The minimum absolute atomic E-state index is 0.182. The lowest BCUT2D eigenvalue weighted by atomic mass is 9.90. The van der Waals surface area contributed by atoms with Gasteiger partial charge in [-0.2, -0.15) is 0 Å². The molecule has 0 saturated carbocycles. The molecule has 1 N–H and O–H groups in total. The van der Waals surface area contributed by atoms with Crippen molar-refractivity contribution in [1.82, 2.24) is 5.32 Å². The molecular weight excluding hydrogens is 330 g/mol. The zero-order valence-corrected chi connectivity index (χ0v) is 16.8. The highest BCUT2D eigenvalue weighted by Crippen LogP contribution is 2.24. The van der Waals surface area contributed by atoms with Gasteiger partial charge >= 0.3 is 11.9 Å². The predicted octanol–water partition coefficient (Wildman–Crippen LogP) is 3.60. The molecule has 0 fully saturated rings. The summed E-state index contributed by atoms with van der Waals surface area (Å²) >= 11 is 0.